The van der Waals surface area contributed by atoms with Crippen molar-refractivity contribution >= 4 is 5.91 Å². The second-order valence-corrected chi connectivity index (χ2v) is 5.18. The van der Waals surface area contributed by atoms with Gasteiger partial charge in [0.15, 0.2) is 0 Å². The zero-order valence-corrected chi connectivity index (χ0v) is 10.8. The molecule has 0 spiro atoms. The van der Waals surface area contributed by atoms with Crippen LogP contribution in [0.5, 0.6) is 0 Å². The number of rotatable bonds is 6. The standard InChI is InChI=1S/C13H26N2O2/c1-2-3-7-12(14)13(17)15-9-10-5-4-6-11(16)8-10/h10-12,16H,2-9,14H2,1H3,(H,15,17). The van der Waals surface area contributed by atoms with Crippen LogP contribution >= 0.6 is 0 Å². The summed E-state index contributed by atoms with van der Waals surface area (Å²) < 4.78 is 0. The van der Waals surface area contributed by atoms with Gasteiger partial charge in [0.2, 0.25) is 5.91 Å². The molecule has 3 atom stereocenters. The van der Waals surface area contributed by atoms with Crippen LogP contribution in [-0.2, 0) is 4.79 Å². The van der Waals surface area contributed by atoms with Crippen LogP contribution in [-0.4, -0.2) is 29.7 Å². The van der Waals surface area contributed by atoms with Crippen molar-refractivity contribution in [3.8, 4) is 0 Å². The molecule has 3 unspecified atom stereocenters. The number of unbranched alkanes of at least 4 members (excludes halogenated alkanes) is 1. The lowest BCUT2D eigenvalue weighted by molar-refractivity contribution is -0.122. The van der Waals surface area contributed by atoms with E-state index in [1.807, 2.05) is 0 Å². The number of amides is 1. The average Bonchev–Trinajstić information content (AvgIpc) is 2.33. The summed E-state index contributed by atoms with van der Waals surface area (Å²) >= 11 is 0. The van der Waals surface area contributed by atoms with Crippen molar-refractivity contribution in [3.05, 3.63) is 0 Å². The summed E-state index contributed by atoms with van der Waals surface area (Å²) in [6, 6.07) is -0.372. The molecule has 1 aliphatic carbocycles. The second-order valence-electron chi connectivity index (χ2n) is 5.18. The van der Waals surface area contributed by atoms with Crippen molar-refractivity contribution in [2.24, 2.45) is 11.7 Å². The molecule has 1 amide bonds. The maximum atomic E-state index is 11.7. The van der Waals surface area contributed by atoms with Gasteiger partial charge in [-0.25, -0.2) is 0 Å². The maximum Gasteiger partial charge on any atom is 0.236 e. The lowest BCUT2D eigenvalue weighted by Crippen LogP contribution is -2.43. The van der Waals surface area contributed by atoms with Gasteiger partial charge in [-0.1, -0.05) is 26.2 Å². The van der Waals surface area contributed by atoms with E-state index in [1.165, 1.54) is 0 Å². The smallest absolute Gasteiger partial charge is 0.236 e. The van der Waals surface area contributed by atoms with Crippen LogP contribution in [0.25, 0.3) is 0 Å². The minimum atomic E-state index is -0.372. The fourth-order valence-corrected chi connectivity index (χ4v) is 2.38. The summed E-state index contributed by atoms with van der Waals surface area (Å²) in [5.41, 5.74) is 5.78. The van der Waals surface area contributed by atoms with Crippen molar-refractivity contribution < 1.29 is 9.90 Å². The first-order valence-corrected chi connectivity index (χ1v) is 6.84. The Morgan fingerprint density at radius 3 is 2.94 bits per heavy atom. The molecule has 17 heavy (non-hydrogen) atoms. The molecule has 0 heterocycles. The molecule has 1 aliphatic rings. The van der Waals surface area contributed by atoms with Gasteiger partial charge in [0, 0.05) is 6.54 Å². The lowest BCUT2D eigenvalue weighted by atomic mass is 9.87. The average molecular weight is 242 g/mol. The van der Waals surface area contributed by atoms with Crippen LogP contribution < -0.4 is 11.1 Å². The Bertz CT molecular complexity index is 233. The van der Waals surface area contributed by atoms with E-state index in [9.17, 15) is 9.90 Å². The normalized spacial score (nSPS) is 26.5. The van der Waals surface area contributed by atoms with E-state index >= 15 is 0 Å². The Kier molecular flexibility index (Phi) is 6.52. The zero-order chi connectivity index (χ0) is 12.7. The molecule has 0 radical (unpaired) electrons. The molecule has 1 saturated carbocycles. The topological polar surface area (TPSA) is 75.4 Å². The van der Waals surface area contributed by atoms with Crippen molar-refractivity contribution in [2.45, 2.75) is 64.0 Å². The quantitative estimate of drug-likeness (QED) is 0.654. The number of nitrogens with two attached hydrogens (primary N) is 1. The number of carbonyl (C=O) groups is 1. The molecule has 0 aromatic rings. The van der Waals surface area contributed by atoms with Crippen LogP contribution in [0, 0.1) is 5.92 Å². The van der Waals surface area contributed by atoms with E-state index in [-0.39, 0.29) is 18.1 Å². The first-order valence-electron chi connectivity index (χ1n) is 6.84. The summed E-state index contributed by atoms with van der Waals surface area (Å²) in [7, 11) is 0. The Morgan fingerprint density at radius 2 is 2.29 bits per heavy atom. The molecule has 100 valence electrons. The van der Waals surface area contributed by atoms with Gasteiger partial charge in [0.1, 0.15) is 0 Å². The van der Waals surface area contributed by atoms with Crippen LogP contribution in [0.1, 0.15) is 51.9 Å². The third kappa shape index (κ3) is 5.50. The van der Waals surface area contributed by atoms with E-state index in [0.29, 0.717) is 12.5 Å². The predicted molar refractivity (Wildman–Crippen MR) is 68.5 cm³/mol. The van der Waals surface area contributed by atoms with Gasteiger partial charge in [-0.2, -0.15) is 0 Å². The highest BCUT2D eigenvalue weighted by atomic mass is 16.3. The van der Waals surface area contributed by atoms with Gasteiger partial charge in [0.05, 0.1) is 12.1 Å². The van der Waals surface area contributed by atoms with Crippen molar-refractivity contribution in [2.75, 3.05) is 6.54 Å². The molecule has 0 aliphatic heterocycles. The third-order valence-electron chi connectivity index (χ3n) is 3.53. The lowest BCUT2D eigenvalue weighted by Gasteiger charge is -2.26. The first-order chi connectivity index (χ1) is 8.13. The fraction of sp³-hybridized carbons (Fsp3) is 0.923. The number of aliphatic hydroxyl groups excluding tert-OH is 1. The van der Waals surface area contributed by atoms with Crippen LogP contribution in [0.2, 0.25) is 0 Å². The number of hydrogen-bond acceptors (Lipinski definition) is 3. The summed E-state index contributed by atoms with van der Waals surface area (Å²) in [6.45, 7) is 2.75. The second kappa shape index (κ2) is 7.67. The van der Waals surface area contributed by atoms with Crippen LogP contribution in [0.4, 0.5) is 0 Å². The minimum Gasteiger partial charge on any atom is -0.393 e. The Hall–Kier alpha value is -0.610. The van der Waals surface area contributed by atoms with Crippen molar-refractivity contribution in [1.29, 1.82) is 0 Å². The van der Waals surface area contributed by atoms with Gasteiger partial charge >= 0.3 is 0 Å². The van der Waals surface area contributed by atoms with Crippen molar-refractivity contribution in [1.82, 2.24) is 5.32 Å². The number of aliphatic hydroxyl groups is 1. The largest absolute Gasteiger partial charge is 0.393 e. The maximum absolute atomic E-state index is 11.7. The van der Waals surface area contributed by atoms with E-state index in [0.717, 1.165) is 44.9 Å². The summed E-state index contributed by atoms with van der Waals surface area (Å²) in [6.07, 6.45) is 6.51. The Balaban J connectivity index is 2.18. The highest BCUT2D eigenvalue weighted by Crippen LogP contribution is 2.23. The molecule has 0 saturated heterocycles. The van der Waals surface area contributed by atoms with E-state index in [1.54, 1.807) is 0 Å². The summed E-state index contributed by atoms with van der Waals surface area (Å²) in [5.74, 6) is 0.375. The molecule has 4 heteroatoms. The van der Waals surface area contributed by atoms with E-state index < -0.39 is 0 Å². The number of hydrogen-bond donors (Lipinski definition) is 3. The molecular weight excluding hydrogens is 216 g/mol. The Labute approximate surface area is 104 Å². The van der Waals surface area contributed by atoms with Crippen LogP contribution in [0.15, 0.2) is 0 Å². The van der Waals surface area contributed by atoms with E-state index in [2.05, 4.69) is 12.2 Å². The Morgan fingerprint density at radius 1 is 1.53 bits per heavy atom. The van der Waals surface area contributed by atoms with E-state index in [4.69, 9.17) is 5.73 Å². The molecule has 4 N–H and O–H groups in total. The minimum absolute atomic E-state index is 0.0430. The third-order valence-corrected chi connectivity index (χ3v) is 3.53. The first kappa shape index (κ1) is 14.5. The van der Waals surface area contributed by atoms with Gasteiger partial charge in [-0.3, -0.25) is 4.79 Å². The molecule has 0 bridgehead atoms. The molecule has 4 nitrogen and oxygen atoms in total. The van der Waals surface area contributed by atoms with Gasteiger partial charge < -0.3 is 16.2 Å². The molecule has 0 aromatic heterocycles. The molecule has 1 fully saturated rings. The van der Waals surface area contributed by atoms with Gasteiger partial charge in [-0.15, -0.1) is 0 Å². The molecule has 1 rings (SSSR count). The van der Waals surface area contributed by atoms with Gasteiger partial charge in [0.25, 0.3) is 0 Å². The van der Waals surface area contributed by atoms with Crippen molar-refractivity contribution in [3.63, 3.8) is 0 Å². The summed E-state index contributed by atoms with van der Waals surface area (Å²) in [5, 5.41) is 12.4. The highest BCUT2D eigenvalue weighted by Gasteiger charge is 2.21. The predicted octanol–water partition coefficient (Wildman–Crippen LogP) is 1.17. The number of carbonyl (C=O) groups excluding carboxylic acids is 1. The van der Waals surface area contributed by atoms with Gasteiger partial charge in [-0.05, 0) is 31.6 Å². The molecule has 0 aromatic carbocycles. The van der Waals surface area contributed by atoms with Crippen LogP contribution in [0.3, 0.4) is 0 Å². The SMILES string of the molecule is CCCCC(N)C(=O)NCC1CCCC(O)C1. The summed E-state index contributed by atoms with van der Waals surface area (Å²) in [4.78, 5) is 11.7. The fourth-order valence-electron chi connectivity index (χ4n) is 2.38. The zero-order valence-electron chi connectivity index (χ0n) is 10.8. The highest BCUT2D eigenvalue weighted by molar-refractivity contribution is 5.81. The monoisotopic (exact) mass is 242 g/mol. The molecular formula is C13H26N2O2. The number of nitrogens with one attached hydrogen (secondary N) is 1.